The van der Waals surface area contributed by atoms with Crippen molar-refractivity contribution >= 4 is 17.7 Å². The number of nitrogens with one attached hydrogen (secondary N) is 3. The molecular formula is C66H111N3O49. The van der Waals surface area contributed by atoms with Crippen molar-refractivity contribution < 1.29 is 242 Å². The average molecular weight is 1730 g/mol. The molecule has 0 aromatic rings. The summed E-state index contributed by atoms with van der Waals surface area (Å²) in [6, 6.07) is -5.91. The Hall–Kier alpha value is -3.43. The van der Waals surface area contributed by atoms with Gasteiger partial charge in [-0.1, -0.05) is 0 Å². The van der Waals surface area contributed by atoms with E-state index in [-0.39, 0.29) is 0 Å². The van der Waals surface area contributed by atoms with Gasteiger partial charge in [0.15, 0.2) is 62.9 Å². The van der Waals surface area contributed by atoms with Crippen LogP contribution in [0.3, 0.4) is 0 Å². The quantitative estimate of drug-likeness (QED) is 0.0331. The van der Waals surface area contributed by atoms with E-state index in [9.17, 15) is 152 Å². The largest absolute Gasteiger partial charge is 0.394 e. The summed E-state index contributed by atoms with van der Waals surface area (Å²) in [5.41, 5.74) is 0. The van der Waals surface area contributed by atoms with Crippen LogP contribution in [0.25, 0.3) is 0 Å². The highest BCUT2D eigenvalue weighted by molar-refractivity contribution is 5.74. The fourth-order valence-corrected chi connectivity index (χ4v) is 15.4. The number of rotatable bonds is 29. The van der Waals surface area contributed by atoms with Gasteiger partial charge in [0.1, 0.15) is 232 Å². The van der Waals surface area contributed by atoms with Crippen LogP contribution in [-0.2, 0) is 104 Å². The molecule has 0 spiro atoms. The Morgan fingerprint density at radius 2 is 0.517 bits per heavy atom. The van der Waals surface area contributed by atoms with Gasteiger partial charge in [-0.3, -0.25) is 14.4 Å². The molecule has 118 heavy (non-hydrogen) atoms. The lowest BCUT2D eigenvalue weighted by atomic mass is 9.93. The summed E-state index contributed by atoms with van der Waals surface area (Å²) < 4.78 is 113. The molecular weight excluding hydrogens is 1620 g/mol. The van der Waals surface area contributed by atoms with Crippen LogP contribution in [0.2, 0.25) is 0 Å². The Morgan fingerprint density at radius 3 is 0.949 bits per heavy atom. The minimum absolute atomic E-state index is 0.918. The summed E-state index contributed by atoms with van der Waals surface area (Å²) >= 11 is 0. The van der Waals surface area contributed by atoms with Gasteiger partial charge in [-0.05, 0) is 13.8 Å². The first kappa shape index (κ1) is 96.8. The van der Waals surface area contributed by atoms with Gasteiger partial charge in [0.05, 0.1) is 65.1 Å². The van der Waals surface area contributed by atoms with E-state index in [4.69, 9.17) is 90.0 Å². The molecule has 0 radical (unpaired) electrons. The molecule has 30 N–H and O–H groups in total. The lowest BCUT2D eigenvalue weighted by Crippen LogP contribution is -2.71. The molecule has 1 unspecified atom stereocenters. The lowest BCUT2D eigenvalue weighted by molar-refractivity contribution is -0.394. The first-order valence-corrected chi connectivity index (χ1v) is 37.9. The summed E-state index contributed by atoms with van der Waals surface area (Å²) in [7, 11) is 0. The van der Waals surface area contributed by atoms with Gasteiger partial charge in [-0.2, -0.15) is 0 Å². The number of amides is 3. The van der Waals surface area contributed by atoms with Crippen molar-refractivity contribution in [2.24, 2.45) is 0 Å². The smallest absolute Gasteiger partial charge is 0.217 e. The van der Waals surface area contributed by atoms with Crippen LogP contribution in [0.4, 0.5) is 0 Å². The Labute approximate surface area is 668 Å². The molecule has 684 valence electrons. The SMILES string of the molecule is CC(=O)N[C@H]1[C@H](OC[C@H]2O[C@@H](O[C@H]3[C@H](O)[C@@H](O)C(O)O[C@@H]3CO)[C@H](O)[C@@H](O[C@@H]3O[C@H](CO)[C@@H](O)[C@H](O[C@@H]4O[C@H](CO)[C@H](O)[C@H](O)[C@H]4O)[C@H]3NC(C)=O)[C@H]2O)O[C@H](CO)[C@@H](O[C@@H]2O[C@H](CO)[C@H](O)[C@H](O[C@@H]3O[C@H](CO)[C@@H](O)[C@H](O[C@@H]4O[C@H](CO)[C@H](O)[C@H](O)[C@H]4O[C@@H]4O[C@@H](C)[C@@H](O)[C@@H](O)[C@@H]4O)[C@H]3NC(C)=O)[C@H]2O)[C@@H]1O[C@@H]1O[C@@H](C)[C@@H](O)[C@@H](O)[C@@H]1O. The summed E-state index contributed by atoms with van der Waals surface area (Å²) in [5, 5.41) is 307. The summed E-state index contributed by atoms with van der Waals surface area (Å²) in [6.45, 7) is -3.74. The van der Waals surface area contributed by atoms with Crippen molar-refractivity contribution in [1.29, 1.82) is 0 Å². The van der Waals surface area contributed by atoms with Gasteiger partial charge < -0.3 is 244 Å². The second-order valence-corrected chi connectivity index (χ2v) is 30.2. The van der Waals surface area contributed by atoms with Gasteiger partial charge in [0.25, 0.3) is 0 Å². The molecule has 0 aliphatic carbocycles. The molecule has 0 bridgehead atoms. The van der Waals surface area contributed by atoms with Crippen LogP contribution >= 0.6 is 0 Å². The fraction of sp³-hybridized carbons (Fsp3) is 0.955. The Bertz CT molecular complexity index is 3140. The van der Waals surface area contributed by atoms with Gasteiger partial charge in [0.2, 0.25) is 17.7 Å². The minimum atomic E-state index is -2.49. The molecule has 10 aliphatic heterocycles. The fourth-order valence-electron chi connectivity index (χ4n) is 15.4. The Kier molecular flexibility index (Phi) is 34.3. The van der Waals surface area contributed by atoms with Gasteiger partial charge in [-0.25, -0.2) is 0 Å². The van der Waals surface area contributed by atoms with E-state index in [0.717, 1.165) is 20.8 Å². The van der Waals surface area contributed by atoms with Crippen molar-refractivity contribution in [2.75, 3.05) is 52.9 Å². The Balaban J connectivity index is 0.968. The molecule has 52 heteroatoms. The van der Waals surface area contributed by atoms with E-state index in [1.165, 1.54) is 13.8 Å². The van der Waals surface area contributed by atoms with Crippen molar-refractivity contribution in [2.45, 2.75) is 341 Å². The Morgan fingerprint density at radius 1 is 0.237 bits per heavy atom. The van der Waals surface area contributed by atoms with E-state index < -0.39 is 377 Å². The molecule has 0 aromatic carbocycles. The molecule has 0 saturated carbocycles. The second kappa shape index (κ2) is 41.8. The van der Waals surface area contributed by atoms with Crippen LogP contribution in [0.5, 0.6) is 0 Å². The van der Waals surface area contributed by atoms with Gasteiger partial charge in [0, 0.05) is 20.8 Å². The highest BCUT2D eigenvalue weighted by atomic mass is 16.8. The van der Waals surface area contributed by atoms with E-state index >= 15 is 0 Å². The minimum Gasteiger partial charge on any atom is -0.394 e. The molecule has 10 aliphatic rings. The van der Waals surface area contributed by atoms with Crippen molar-refractivity contribution in [3.63, 3.8) is 0 Å². The molecule has 3 amide bonds. The predicted molar refractivity (Wildman–Crippen MR) is 362 cm³/mol. The maximum Gasteiger partial charge on any atom is 0.217 e. The van der Waals surface area contributed by atoms with Gasteiger partial charge >= 0.3 is 0 Å². The number of hydrogen-bond donors (Lipinski definition) is 30. The molecule has 52 nitrogen and oxygen atoms in total. The molecule has 10 saturated heterocycles. The second-order valence-electron chi connectivity index (χ2n) is 30.2. The van der Waals surface area contributed by atoms with Crippen LogP contribution in [0.15, 0.2) is 0 Å². The highest BCUT2D eigenvalue weighted by Gasteiger charge is 2.62. The number of aliphatic hydroxyl groups excluding tert-OH is 27. The number of hydrogen-bond acceptors (Lipinski definition) is 49. The number of carbonyl (C=O) groups is 3. The van der Waals surface area contributed by atoms with E-state index in [1.807, 2.05) is 0 Å². The zero-order chi connectivity index (χ0) is 86.8. The maximum atomic E-state index is 13.6. The third-order valence-electron chi connectivity index (χ3n) is 22.0. The maximum absolute atomic E-state index is 13.6. The van der Waals surface area contributed by atoms with E-state index in [1.54, 1.807) is 0 Å². The summed E-state index contributed by atoms with van der Waals surface area (Å²) in [5.74, 6) is -2.94. The zero-order valence-corrected chi connectivity index (χ0v) is 63.6. The van der Waals surface area contributed by atoms with Crippen LogP contribution in [0, 0.1) is 0 Å². The predicted octanol–water partition coefficient (Wildman–Crippen LogP) is -20.3. The normalized spacial score (nSPS) is 51.1. The van der Waals surface area contributed by atoms with Gasteiger partial charge in [-0.15, -0.1) is 0 Å². The van der Waals surface area contributed by atoms with E-state index in [0.29, 0.717) is 0 Å². The summed E-state index contributed by atoms with van der Waals surface area (Å²) in [6.07, 6.45) is -96.7. The van der Waals surface area contributed by atoms with Crippen LogP contribution in [0.1, 0.15) is 34.6 Å². The number of ether oxygens (including phenoxy) is 19. The highest BCUT2D eigenvalue weighted by Crippen LogP contribution is 2.41. The number of carbonyl (C=O) groups excluding carboxylic acids is 3. The van der Waals surface area contributed by atoms with Crippen LogP contribution < -0.4 is 16.0 Å². The molecule has 10 rings (SSSR count). The molecule has 10 fully saturated rings. The molecule has 50 atom stereocenters. The van der Waals surface area contributed by atoms with Crippen molar-refractivity contribution in [1.82, 2.24) is 16.0 Å². The first-order valence-electron chi connectivity index (χ1n) is 37.9. The number of aliphatic hydroxyl groups is 27. The standard InChI is InChI=1S/C66H111N3O49/c1-14-30(80)38(88)44(94)61(101-14)115-53-29(69-18(5)79)58(100-13-26-37(87)55(48(98)65(110-26)111-49-24(11-75)103-57(99)43(93)42(49)92)117-59-27(67-16(3)77)51(34(84)21(8-72)104-59)113-63-46(96)40(90)32(82)19(6-70)106-63)109-25(12-76)50(53)112-64-47(97)54(36(86)23(10-74)107-64)116-60-28(68-17(4)78)52(35(85)22(9-73)105-60)114-66-56(41(91)33(83)20(7-71)108-66)118-62-45(95)39(89)31(81)15(2)102-62/h14-15,19-66,70-76,80-99H,6-13H2,1-5H3,(H,67,77)(H,68,78)(H,69,79)/t14-,15-,19+,20+,21+,22+,23+,24+,25+,26+,27+,28+,29+,30+,31+,32-,33-,34+,35+,36-,37-,38+,39+,40-,41-,42+,43+,44-,45-,46+,47+,48+,49+,50+,51+,52+,53+,54-,55-,56+,57?,58+,59-,60-,61-,62-,63-,64-,65-,66-/m0/s1. The van der Waals surface area contributed by atoms with E-state index in [2.05, 4.69) is 16.0 Å². The summed E-state index contributed by atoms with van der Waals surface area (Å²) in [4.78, 5) is 39.9. The zero-order valence-electron chi connectivity index (χ0n) is 63.6. The third kappa shape index (κ3) is 20.8. The lowest BCUT2D eigenvalue weighted by Gasteiger charge is -2.52. The third-order valence-corrected chi connectivity index (χ3v) is 22.0. The first-order chi connectivity index (χ1) is 55.8. The average Bonchev–Trinajstić information content (AvgIpc) is 0.767. The van der Waals surface area contributed by atoms with Crippen molar-refractivity contribution in [3.8, 4) is 0 Å². The molecule has 0 aromatic heterocycles. The molecule has 10 heterocycles. The monoisotopic (exact) mass is 1730 g/mol. The topological polar surface area (TPSA) is 809 Å². The van der Waals surface area contributed by atoms with Crippen LogP contribution in [-0.4, -0.2) is 515 Å². The van der Waals surface area contributed by atoms with Crippen molar-refractivity contribution in [3.05, 3.63) is 0 Å².